The molecule has 0 spiro atoms. The van der Waals surface area contributed by atoms with E-state index in [-0.39, 0.29) is 17.6 Å². The van der Waals surface area contributed by atoms with Crippen LogP contribution >= 0.6 is 0 Å². The summed E-state index contributed by atoms with van der Waals surface area (Å²) in [7, 11) is 1.87. The number of ether oxygens (including phenoxy) is 1. The minimum absolute atomic E-state index is 0.0671. The van der Waals surface area contributed by atoms with Crippen molar-refractivity contribution in [3.05, 3.63) is 105 Å². The summed E-state index contributed by atoms with van der Waals surface area (Å²) in [6.45, 7) is 12.0. The van der Waals surface area contributed by atoms with Gasteiger partial charge in [0.05, 0.1) is 29.1 Å². The Balaban J connectivity index is 0.00000115. The standard InChI is InChI=1S/C28H26N2O3.2C2H6/c1-20(2)33-28(32)24-15-12-23(13-16-24)19-30-27(31)25-18-22(14-17-26(25)29(30)3)11-7-10-21-8-5-4-6-9-21;2*1-2/h4-6,8-9,12-18,20H,10,19H2,1-3H3;2*1-2H3. The molecule has 0 aliphatic heterocycles. The highest BCUT2D eigenvalue weighted by Crippen LogP contribution is 2.15. The zero-order chi connectivity index (χ0) is 27.4. The Morgan fingerprint density at radius 2 is 1.54 bits per heavy atom. The highest BCUT2D eigenvalue weighted by atomic mass is 16.5. The molecule has 1 heterocycles. The number of fused-ring (bicyclic) bond motifs is 1. The van der Waals surface area contributed by atoms with E-state index < -0.39 is 0 Å². The SMILES string of the molecule is CC.CC.CC(C)OC(=O)c1ccc(Cn2c(=O)c3cc(C#CCc4ccccc4)ccc3n2C)cc1. The van der Waals surface area contributed by atoms with Crippen molar-refractivity contribution in [1.82, 2.24) is 9.36 Å². The summed E-state index contributed by atoms with van der Waals surface area (Å²) >= 11 is 0. The molecule has 0 radical (unpaired) electrons. The molecule has 0 fully saturated rings. The lowest BCUT2D eigenvalue weighted by Crippen LogP contribution is -2.22. The van der Waals surface area contributed by atoms with Gasteiger partial charge in [0.25, 0.3) is 5.56 Å². The van der Waals surface area contributed by atoms with E-state index in [0.29, 0.717) is 23.9 Å². The number of carbonyl (C=O) groups excluding carboxylic acids is 1. The van der Waals surface area contributed by atoms with Gasteiger partial charge in [-0.2, -0.15) is 0 Å². The van der Waals surface area contributed by atoms with Crippen molar-refractivity contribution in [2.45, 2.75) is 60.6 Å². The molecule has 0 saturated carbocycles. The molecule has 4 aromatic rings. The van der Waals surface area contributed by atoms with E-state index in [1.165, 1.54) is 0 Å². The van der Waals surface area contributed by atoms with Crippen molar-refractivity contribution in [2.24, 2.45) is 7.05 Å². The molecule has 0 N–H and O–H groups in total. The second-order valence-corrected chi connectivity index (χ2v) is 8.23. The third-order valence-electron chi connectivity index (χ3n) is 5.40. The minimum Gasteiger partial charge on any atom is -0.459 e. The second-order valence-electron chi connectivity index (χ2n) is 8.23. The van der Waals surface area contributed by atoms with Crippen LogP contribution in [0.3, 0.4) is 0 Å². The average Bonchev–Trinajstić information content (AvgIpc) is 3.16. The zero-order valence-electron chi connectivity index (χ0n) is 23.0. The lowest BCUT2D eigenvalue weighted by Gasteiger charge is -2.10. The van der Waals surface area contributed by atoms with Crippen LogP contribution in [0.4, 0.5) is 0 Å². The Morgan fingerprint density at radius 1 is 0.892 bits per heavy atom. The van der Waals surface area contributed by atoms with Crippen LogP contribution in [0, 0.1) is 11.8 Å². The first-order valence-electron chi connectivity index (χ1n) is 12.9. The molecule has 0 atom stereocenters. The zero-order valence-corrected chi connectivity index (χ0v) is 23.0. The number of aryl methyl sites for hydroxylation is 1. The third kappa shape index (κ3) is 7.72. The fourth-order valence-electron chi connectivity index (χ4n) is 3.70. The molecule has 3 aromatic carbocycles. The van der Waals surface area contributed by atoms with Crippen molar-refractivity contribution < 1.29 is 9.53 Å². The van der Waals surface area contributed by atoms with E-state index >= 15 is 0 Å². The van der Waals surface area contributed by atoms with Crippen LogP contribution in [-0.2, 0) is 24.8 Å². The van der Waals surface area contributed by atoms with Gasteiger partial charge < -0.3 is 4.74 Å². The quantitative estimate of drug-likeness (QED) is 0.230. The van der Waals surface area contributed by atoms with Crippen LogP contribution in [0.1, 0.15) is 68.6 Å². The number of rotatable bonds is 5. The van der Waals surface area contributed by atoms with Crippen LogP contribution < -0.4 is 5.56 Å². The van der Waals surface area contributed by atoms with E-state index in [2.05, 4.69) is 11.8 Å². The smallest absolute Gasteiger partial charge is 0.338 e. The Bertz CT molecular complexity index is 1400. The van der Waals surface area contributed by atoms with Crippen LogP contribution in [0.25, 0.3) is 10.9 Å². The number of hydrogen-bond acceptors (Lipinski definition) is 3. The van der Waals surface area contributed by atoms with Crippen molar-refractivity contribution in [3.63, 3.8) is 0 Å². The summed E-state index contributed by atoms with van der Waals surface area (Å²) in [6.07, 6.45) is 0.498. The predicted molar refractivity (Wildman–Crippen MR) is 153 cm³/mol. The van der Waals surface area contributed by atoms with Gasteiger partial charge in [0.1, 0.15) is 0 Å². The maximum absolute atomic E-state index is 13.1. The van der Waals surface area contributed by atoms with Crippen LogP contribution in [-0.4, -0.2) is 21.4 Å². The van der Waals surface area contributed by atoms with E-state index in [1.807, 2.05) is 114 Å². The number of carbonyl (C=O) groups is 1. The summed E-state index contributed by atoms with van der Waals surface area (Å²) < 4.78 is 8.78. The fraction of sp³-hybridized carbons (Fsp3) is 0.312. The molecule has 4 rings (SSSR count). The van der Waals surface area contributed by atoms with Gasteiger partial charge in [0.15, 0.2) is 0 Å². The summed E-state index contributed by atoms with van der Waals surface area (Å²) in [6, 6.07) is 23.0. The lowest BCUT2D eigenvalue weighted by molar-refractivity contribution is 0.0378. The molecular formula is C32H38N2O3. The molecule has 37 heavy (non-hydrogen) atoms. The first-order valence-corrected chi connectivity index (χ1v) is 12.9. The Kier molecular flexibility index (Phi) is 11.4. The largest absolute Gasteiger partial charge is 0.459 e. The van der Waals surface area contributed by atoms with Gasteiger partial charge in [0, 0.05) is 19.0 Å². The molecule has 0 amide bonds. The van der Waals surface area contributed by atoms with Crippen LogP contribution in [0.2, 0.25) is 0 Å². The lowest BCUT2D eigenvalue weighted by atomic mass is 10.1. The van der Waals surface area contributed by atoms with Gasteiger partial charge >= 0.3 is 5.97 Å². The predicted octanol–water partition coefficient (Wildman–Crippen LogP) is 6.60. The molecular weight excluding hydrogens is 460 g/mol. The van der Waals surface area contributed by atoms with Gasteiger partial charge in [-0.15, -0.1) is 0 Å². The van der Waals surface area contributed by atoms with Gasteiger partial charge in [-0.25, -0.2) is 9.48 Å². The van der Waals surface area contributed by atoms with Crippen molar-refractivity contribution >= 4 is 16.9 Å². The molecule has 0 aliphatic carbocycles. The second kappa shape index (κ2) is 14.5. The topological polar surface area (TPSA) is 53.2 Å². The number of benzene rings is 3. The Hall–Kier alpha value is -4.04. The van der Waals surface area contributed by atoms with E-state index in [0.717, 1.165) is 22.2 Å². The molecule has 0 saturated heterocycles. The van der Waals surface area contributed by atoms with E-state index in [4.69, 9.17) is 4.74 Å². The van der Waals surface area contributed by atoms with Gasteiger partial charge in [-0.1, -0.05) is 82.0 Å². The summed E-state index contributed by atoms with van der Waals surface area (Å²) in [4.78, 5) is 25.2. The molecule has 0 aliphatic rings. The number of esters is 1. The van der Waals surface area contributed by atoms with Gasteiger partial charge in [-0.05, 0) is 55.3 Å². The fourth-order valence-corrected chi connectivity index (χ4v) is 3.70. The summed E-state index contributed by atoms with van der Waals surface area (Å²) in [5.74, 6) is 6.01. The number of aromatic nitrogens is 2. The van der Waals surface area contributed by atoms with Crippen molar-refractivity contribution in [1.29, 1.82) is 0 Å². The Morgan fingerprint density at radius 3 is 2.16 bits per heavy atom. The van der Waals surface area contributed by atoms with E-state index in [1.54, 1.807) is 16.8 Å². The molecule has 5 heteroatoms. The first-order chi connectivity index (χ1) is 17.9. The molecule has 1 aromatic heterocycles. The molecule has 5 nitrogen and oxygen atoms in total. The van der Waals surface area contributed by atoms with Gasteiger partial charge in [0.2, 0.25) is 0 Å². The molecule has 0 bridgehead atoms. The first kappa shape index (κ1) is 29.2. The number of hydrogen-bond donors (Lipinski definition) is 0. The highest BCUT2D eigenvalue weighted by Gasteiger charge is 2.13. The van der Waals surface area contributed by atoms with Crippen LogP contribution in [0.15, 0.2) is 77.6 Å². The third-order valence-corrected chi connectivity index (χ3v) is 5.40. The van der Waals surface area contributed by atoms with Gasteiger partial charge in [-0.3, -0.25) is 9.48 Å². The van der Waals surface area contributed by atoms with Crippen molar-refractivity contribution in [2.75, 3.05) is 0 Å². The summed E-state index contributed by atoms with van der Waals surface area (Å²) in [5, 5.41) is 0.640. The minimum atomic E-state index is -0.348. The maximum atomic E-state index is 13.1. The monoisotopic (exact) mass is 498 g/mol. The molecule has 0 unspecified atom stereocenters. The normalized spacial score (nSPS) is 9.95. The average molecular weight is 499 g/mol. The number of nitrogens with zero attached hydrogens (tertiary/aromatic N) is 2. The summed E-state index contributed by atoms with van der Waals surface area (Å²) in [5.41, 5.74) is 4.19. The maximum Gasteiger partial charge on any atom is 0.338 e. The highest BCUT2D eigenvalue weighted by molar-refractivity contribution is 5.89. The molecule has 194 valence electrons. The van der Waals surface area contributed by atoms with E-state index in [9.17, 15) is 9.59 Å². The Labute approximate surface area is 220 Å². The van der Waals surface area contributed by atoms with Crippen molar-refractivity contribution in [3.8, 4) is 11.8 Å². The van der Waals surface area contributed by atoms with Crippen LogP contribution in [0.5, 0.6) is 0 Å².